The lowest BCUT2D eigenvalue weighted by molar-refractivity contribution is -0.137. The van der Waals surface area contributed by atoms with E-state index in [1.54, 1.807) is 4.90 Å². The first-order valence-corrected chi connectivity index (χ1v) is 10.1. The monoisotopic (exact) mass is 458 g/mol. The first-order chi connectivity index (χ1) is 14.1. The number of alkyl halides is 3. The zero-order valence-corrected chi connectivity index (χ0v) is 17.3. The third kappa shape index (κ3) is 5.89. The third-order valence-electron chi connectivity index (χ3n) is 4.95. The first-order valence-electron chi connectivity index (χ1n) is 9.30. The van der Waals surface area contributed by atoms with Crippen molar-refractivity contribution in [3.63, 3.8) is 0 Å². The number of halogens is 5. The van der Waals surface area contributed by atoms with E-state index in [0.717, 1.165) is 18.6 Å². The largest absolute Gasteiger partial charge is 0.416 e. The lowest BCUT2D eigenvalue weighted by atomic mass is 10.1. The summed E-state index contributed by atoms with van der Waals surface area (Å²) in [4.78, 5) is 26.4. The highest BCUT2D eigenvalue weighted by atomic mass is 35.5. The molecule has 1 heterocycles. The van der Waals surface area contributed by atoms with Gasteiger partial charge < -0.3 is 10.2 Å². The van der Waals surface area contributed by atoms with Crippen LogP contribution in [0, 0.1) is 5.92 Å². The standard InChI is InChI=1S/C21H19Cl2F3N2O2/c22-17-8-15(9-18(23)10-17)20(30)27-11-14-5-6-28(12-14)19(29)7-13-1-3-16(4-2-13)21(24,25)26/h1-4,8-10,14H,5-7,11-12H2,(H,27,30)/t14-/m0/s1. The van der Waals surface area contributed by atoms with Crippen molar-refractivity contribution in [3.05, 3.63) is 69.2 Å². The van der Waals surface area contributed by atoms with Crippen LogP contribution in [-0.4, -0.2) is 36.3 Å². The van der Waals surface area contributed by atoms with Crippen LogP contribution in [0.15, 0.2) is 42.5 Å². The van der Waals surface area contributed by atoms with Crippen molar-refractivity contribution in [3.8, 4) is 0 Å². The molecular formula is C21H19Cl2F3N2O2. The van der Waals surface area contributed by atoms with Gasteiger partial charge in [-0.25, -0.2) is 0 Å². The van der Waals surface area contributed by atoms with Crippen LogP contribution in [0.25, 0.3) is 0 Å². The molecule has 0 saturated carbocycles. The van der Waals surface area contributed by atoms with Gasteiger partial charge in [-0.2, -0.15) is 13.2 Å². The topological polar surface area (TPSA) is 49.4 Å². The molecule has 1 aliphatic heterocycles. The molecule has 0 spiro atoms. The summed E-state index contributed by atoms with van der Waals surface area (Å²) >= 11 is 11.8. The molecular weight excluding hydrogens is 440 g/mol. The number of hydrogen-bond acceptors (Lipinski definition) is 2. The van der Waals surface area contributed by atoms with Crippen LogP contribution in [0.3, 0.4) is 0 Å². The van der Waals surface area contributed by atoms with Gasteiger partial charge in [-0.05, 0) is 48.2 Å². The lowest BCUT2D eigenvalue weighted by Crippen LogP contribution is -2.33. The Morgan fingerprint density at radius 2 is 1.70 bits per heavy atom. The lowest BCUT2D eigenvalue weighted by Gasteiger charge is -2.17. The van der Waals surface area contributed by atoms with Crippen LogP contribution < -0.4 is 5.32 Å². The predicted molar refractivity (Wildman–Crippen MR) is 109 cm³/mol. The molecule has 0 aliphatic carbocycles. The Kier molecular flexibility index (Phi) is 6.93. The summed E-state index contributed by atoms with van der Waals surface area (Å²) in [5, 5.41) is 3.56. The van der Waals surface area contributed by atoms with Crippen molar-refractivity contribution >= 4 is 35.0 Å². The second-order valence-corrected chi connectivity index (χ2v) is 8.11. The van der Waals surface area contributed by atoms with Gasteiger partial charge in [0, 0.05) is 35.2 Å². The highest BCUT2D eigenvalue weighted by Gasteiger charge is 2.30. The molecule has 1 atom stereocenters. The Balaban J connectivity index is 1.48. The number of carbonyl (C=O) groups is 2. The fourth-order valence-corrected chi connectivity index (χ4v) is 3.87. The number of amides is 2. The molecule has 30 heavy (non-hydrogen) atoms. The average molecular weight is 459 g/mol. The molecule has 160 valence electrons. The Morgan fingerprint density at radius 1 is 1.07 bits per heavy atom. The first kappa shape index (κ1) is 22.4. The van der Waals surface area contributed by atoms with Crippen LogP contribution >= 0.6 is 23.2 Å². The normalized spacial score (nSPS) is 16.6. The summed E-state index contributed by atoms with van der Waals surface area (Å²) in [6, 6.07) is 9.20. The van der Waals surface area contributed by atoms with Gasteiger partial charge in [0.1, 0.15) is 0 Å². The summed E-state index contributed by atoms with van der Waals surface area (Å²) < 4.78 is 37.9. The number of benzene rings is 2. The van der Waals surface area contributed by atoms with Gasteiger partial charge in [0.15, 0.2) is 0 Å². The number of nitrogens with zero attached hydrogens (tertiary/aromatic N) is 1. The Morgan fingerprint density at radius 3 is 2.30 bits per heavy atom. The van der Waals surface area contributed by atoms with Crippen LogP contribution in [0.2, 0.25) is 10.0 Å². The Bertz CT molecular complexity index is 913. The molecule has 0 radical (unpaired) electrons. The molecule has 2 aromatic rings. The second kappa shape index (κ2) is 9.27. The summed E-state index contributed by atoms with van der Waals surface area (Å²) in [6.07, 6.45) is -3.63. The minimum atomic E-state index is -4.40. The van der Waals surface area contributed by atoms with Crippen molar-refractivity contribution in [2.75, 3.05) is 19.6 Å². The van der Waals surface area contributed by atoms with Crippen LogP contribution in [-0.2, 0) is 17.4 Å². The zero-order chi connectivity index (χ0) is 21.9. The molecule has 4 nitrogen and oxygen atoms in total. The molecule has 1 N–H and O–H groups in total. The fourth-order valence-electron chi connectivity index (χ4n) is 3.35. The summed E-state index contributed by atoms with van der Waals surface area (Å²) in [5.41, 5.74) is 0.153. The SMILES string of the molecule is O=C(NC[C@@H]1CCN(C(=O)Cc2ccc(C(F)(F)F)cc2)C1)c1cc(Cl)cc(Cl)c1. The fraction of sp³-hybridized carbons (Fsp3) is 0.333. The van der Waals surface area contributed by atoms with Gasteiger partial charge in [0.2, 0.25) is 5.91 Å². The summed E-state index contributed by atoms with van der Waals surface area (Å²) in [5.74, 6) is -0.348. The van der Waals surface area contributed by atoms with E-state index in [0.29, 0.717) is 40.8 Å². The van der Waals surface area contributed by atoms with Crippen LogP contribution in [0.4, 0.5) is 13.2 Å². The zero-order valence-electron chi connectivity index (χ0n) is 15.8. The van der Waals surface area contributed by atoms with Gasteiger partial charge in [0.05, 0.1) is 12.0 Å². The molecule has 3 rings (SSSR count). The minimum absolute atomic E-state index is 0.0399. The van der Waals surface area contributed by atoms with Crippen molar-refractivity contribution in [2.24, 2.45) is 5.92 Å². The van der Waals surface area contributed by atoms with Gasteiger partial charge in [-0.3, -0.25) is 9.59 Å². The van der Waals surface area contributed by atoms with Gasteiger partial charge in [-0.1, -0.05) is 35.3 Å². The number of nitrogens with one attached hydrogen (secondary N) is 1. The van der Waals surface area contributed by atoms with E-state index in [-0.39, 0.29) is 24.2 Å². The minimum Gasteiger partial charge on any atom is -0.352 e. The predicted octanol–water partition coefficient (Wildman–Crippen LogP) is 4.83. The van der Waals surface area contributed by atoms with Crippen LogP contribution in [0.1, 0.15) is 27.9 Å². The molecule has 1 aliphatic rings. The molecule has 0 aromatic heterocycles. The Hall–Kier alpha value is -2.25. The van der Waals surface area contributed by atoms with Crippen molar-refractivity contribution in [2.45, 2.75) is 19.0 Å². The third-order valence-corrected chi connectivity index (χ3v) is 5.39. The quantitative estimate of drug-likeness (QED) is 0.697. The molecule has 0 bridgehead atoms. The van der Waals surface area contributed by atoms with Crippen molar-refractivity contribution in [1.82, 2.24) is 10.2 Å². The number of carbonyl (C=O) groups excluding carboxylic acids is 2. The van der Waals surface area contributed by atoms with E-state index >= 15 is 0 Å². The molecule has 1 saturated heterocycles. The van der Waals surface area contributed by atoms with Gasteiger partial charge in [0.25, 0.3) is 5.91 Å². The molecule has 0 unspecified atom stereocenters. The maximum absolute atomic E-state index is 12.6. The van der Waals surface area contributed by atoms with Crippen molar-refractivity contribution in [1.29, 1.82) is 0 Å². The van der Waals surface area contributed by atoms with E-state index in [1.165, 1.54) is 30.3 Å². The number of rotatable bonds is 5. The number of likely N-dealkylation sites (tertiary alicyclic amines) is 1. The molecule has 2 amide bonds. The maximum atomic E-state index is 12.6. The number of hydrogen-bond donors (Lipinski definition) is 1. The highest BCUT2D eigenvalue weighted by Crippen LogP contribution is 2.29. The summed E-state index contributed by atoms with van der Waals surface area (Å²) in [7, 11) is 0. The highest BCUT2D eigenvalue weighted by molar-refractivity contribution is 6.35. The molecule has 1 fully saturated rings. The van der Waals surface area contributed by atoms with E-state index in [9.17, 15) is 22.8 Å². The average Bonchev–Trinajstić information content (AvgIpc) is 3.14. The van der Waals surface area contributed by atoms with Crippen LogP contribution in [0.5, 0.6) is 0 Å². The van der Waals surface area contributed by atoms with Gasteiger partial charge >= 0.3 is 6.18 Å². The summed E-state index contributed by atoms with van der Waals surface area (Å²) in [6.45, 7) is 1.42. The van der Waals surface area contributed by atoms with E-state index in [2.05, 4.69) is 5.32 Å². The second-order valence-electron chi connectivity index (χ2n) is 7.23. The van der Waals surface area contributed by atoms with Crippen molar-refractivity contribution < 1.29 is 22.8 Å². The smallest absolute Gasteiger partial charge is 0.352 e. The van der Waals surface area contributed by atoms with E-state index < -0.39 is 11.7 Å². The molecule has 9 heteroatoms. The van der Waals surface area contributed by atoms with E-state index in [4.69, 9.17) is 23.2 Å². The van der Waals surface area contributed by atoms with Gasteiger partial charge in [-0.15, -0.1) is 0 Å². The Labute approximate surface area is 182 Å². The van der Waals surface area contributed by atoms with E-state index in [1.807, 2.05) is 0 Å². The molecule has 2 aromatic carbocycles. The maximum Gasteiger partial charge on any atom is 0.416 e.